The predicted octanol–water partition coefficient (Wildman–Crippen LogP) is 15.2. The topological polar surface area (TPSA) is 111 Å². The highest BCUT2D eigenvalue weighted by Crippen LogP contribution is 2.16. The molecular weight excluding hydrogens is 851 g/mol. The normalized spacial score (nSPS) is 13.0. The van der Waals surface area contributed by atoms with Crippen molar-refractivity contribution in [1.29, 1.82) is 0 Å². The van der Waals surface area contributed by atoms with Crippen LogP contribution in [0.3, 0.4) is 0 Å². The summed E-state index contributed by atoms with van der Waals surface area (Å²) in [5, 5.41) is 11.7. The van der Waals surface area contributed by atoms with Gasteiger partial charge in [-0.3, -0.25) is 9.59 Å². The first-order chi connectivity index (χ1) is 33.1. The van der Waals surface area contributed by atoms with Crippen LogP contribution in [0.15, 0.2) is 36.5 Å². The number of nitrogens with zero attached hydrogens (tertiary/aromatic N) is 1. The molecule has 0 spiro atoms. The van der Waals surface area contributed by atoms with Gasteiger partial charge in [-0.1, -0.05) is 217 Å². The van der Waals surface area contributed by atoms with Gasteiger partial charge in [0.25, 0.3) is 0 Å². The average Bonchev–Trinajstić information content (AvgIpc) is 3.30. The van der Waals surface area contributed by atoms with Crippen molar-refractivity contribution in [3.8, 4) is 0 Å². The number of carboxylic acids is 1. The average molecular weight is 961 g/mol. The number of quaternary nitrogens is 1. The molecule has 68 heavy (non-hydrogen) atoms. The van der Waals surface area contributed by atoms with E-state index in [4.69, 9.17) is 18.9 Å². The van der Waals surface area contributed by atoms with Crippen LogP contribution in [0.5, 0.6) is 0 Å². The van der Waals surface area contributed by atoms with Crippen LogP contribution in [0, 0.1) is 0 Å². The number of ether oxygens (including phenoxy) is 4. The van der Waals surface area contributed by atoms with Crippen LogP contribution in [0.4, 0.5) is 0 Å². The molecule has 0 rings (SSSR count). The van der Waals surface area contributed by atoms with E-state index in [9.17, 15) is 19.5 Å². The van der Waals surface area contributed by atoms with Gasteiger partial charge in [-0.25, -0.2) is 0 Å². The molecule has 0 fully saturated rings. The lowest BCUT2D eigenvalue weighted by atomic mass is 10.0. The SMILES string of the molecule is CCCCCCC/C=C\C/C=C\CCCCCCCCCCCCCCCCCCCC(=O)OC(COC(=O)CCCCCCC/C=C\CCCCCCC)COC(OCC[N+](C)(C)C)C(=O)[O-]. The minimum absolute atomic E-state index is 0.148. The molecule has 0 radical (unpaired) electrons. The van der Waals surface area contributed by atoms with Crippen molar-refractivity contribution < 1.29 is 42.9 Å². The molecule has 2 unspecified atom stereocenters. The Kier molecular flexibility index (Phi) is 49.0. The van der Waals surface area contributed by atoms with Gasteiger partial charge in [0.15, 0.2) is 12.4 Å². The van der Waals surface area contributed by atoms with Crippen molar-refractivity contribution in [3.05, 3.63) is 36.5 Å². The van der Waals surface area contributed by atoms with Gasteiger partial charge in [-0.2, -0.15) is 0 Å². The smallest absolute Gasteiger partial charge is 0.306 e. The Morgan fingerprint density at radius 3 is 1.18 bits per heavy atom. The molecule has 2 atom stereocenters. The first-order valence-corrected chi connectivity index (χ1v) is 28.6. The number of esters is 2. The number of hydrogen-bond acceptors (Lipinski definition) is 8. The number of carboxylic acid groups (broad SMARTS) is 1. The third kappa shape index (κ3) is 51.4. The molecule has 0 amide bonds. The number of allylic oxidation sites excluding steroid dienone is 6. The van der Waals surface area contributed by atoms with E-state index in [0.717, 1.165) is 57.8 Å². The van der Waals surface area contributed by atoms with E-state index >= 15 is 0 Å². The number of rotatable bonds is 53. The van der Waals surface area contributed by atoms with Crippen molar-refractivity contribution in [2.24, 2.45) is 0 Å². The van der Waals surface area contributed by atoms with Gasteiger partial charge < -0.3 is 33.3 Å². The summed E-state index contributed by atoms with van der Waals surface area (Å²) in [6.07, 6.45) is 57.7. The summed E-state index contributed by atoms with van der Waals surface area (Å²) < 4.78 is 22.7. The standard InChI is InChI=1S/C59H109NO8/c1-6-8-10-12-14-16-18-20-22-23-24-25-26-27-28-29-30-31-32-33-34-35-36-38-40-42-44-46-48-50-57(62)68-55(54-67-59(58(63)64)65-52-51-60(3,4)5)53-66-56(61)49-47-45-43-41-39-37-21-19-17-15-13-11-9-7-2/h18-21,23-24,55,59H,6-17,22,25-54H2,1-5H3/b20-18-,21-19-,24-23-. The van der Waals surface area contributed by atoms with Gasteiger partial charge in [0, 0.05) is 12.8 Å². The van der Waals surface area contributed by atoms with Crippen molar-refractivity contribution in [2.45, 2.75) is 277 Å². The first kappa shape index (κ1) is 65.5. The van der Waals surface area contributed by atoms with Crippen LogP contribution in [0.1, 0.15) is 264 Å². The zero-order valence-corrected chi connectivity index (χ0v) is 45.2. The summed E-state index contributed by atoms with van der Waals surface area (Å²) in [5.74, 6) is -2.28. The molecule has 0 aliphatic carbocycles. The molecule has 0 heterocycles. The third-order valence-corrected chi connectivity index (χ3v) is 12.6. The molecule has 9 heteroatoms. The molecule has 9 nitrogen and oxygen atoms in total. The fourth-order valence-corrected chi connectivity index (χ4v) is 8.15. The van der Waals surface area contributed by atoms with Crippen LogP contribution < -0.4 is 5.11 Å². The molecule has 0 saturated carbocycles. The second-order valence-corrected chi connectivity index (χ2v) is 20.6. The van der Waals surface area contributed by atoms with Gasteiger partial charge in [0.05, 0.1) is 40.3 Å². The lowest BCUT2D eigenvalue weighted by molar-refractivity contribution is -0.870. The van der Waals surface area contributed by atoms with E-state index in [2.05, 4.69) is 50.3 Å². The van der Waals surface area contributed by atoms with Crippen molar-refractivity contribution in [1.82, 2.24) is 0 Å². The number of aliphatic carboxylic acids is 1. The Labute approximate surface area is 420 Å². The molecule has 0 aliphatic heterocycles. The van der Waals surface area contributed by atoms with Crippen molar-refractivity contribution >= 4 is 17.9 Å². The Hall–Kier alpha value is -2.49. The zero-order valence-electron chi connectivity index (χ0n) is 45.2. The van der Waals surface area contributed by atoms with E-state index in [-0.39, 0.29) is 38.6 Å². The van der Waals surface area contributed by atoms with E-state index in [1.54, 1.807) is 0 Å². The van der Waals surface area contributed by atoms with Crippen LogP contribution in [0.25, 0.3) is 0 Å². The lowest BCUT2D eigenvalue weighted by Gasteiger charge is -2.26. The molecule has 0 saturated heterocycles. The summed E-state index contributed by atoms with van der Waals surface area (Å²) >= 11 is 0. The maximum atomic E-state index is 12.8. The van der Waals surface area contributed by atoms with Crippen LogP contribution in [-0.4, -0.2) is 82.3 Å². The number of hydrogen-bond donors (Lipinski definition) is 0. The van der Waals surface area contributed by atoms with Gasteiger partial charge in [-0.15, -0.1) is 0 Å². The minimum Gasteiger partial charge on any atom is -0.545 e. The number of unbranched alkanes of at least 4 members (excludes halogenated alkanes) is 32. The largest absolute Gasteiger partial charge is 0.545 e. The highest BCUT2D eigenvalue weighted by Gasteiger charge is 2.22. The fourth-order valence-electron chi connectivity index (χ4n) is 8.15. The zero-order chi connectivity index (χ0) is 49.9. The van der Waals surface area contributed by atoms with Crippen LogP contribution in [0.2, 0.25) is 0 Å². The molecule has 0 aliphatic rings. The van der Waals surface area contributed by atoms with Crippen molar-refractivity contribution in [3.63, 3.8) is 0 Å². The fraction of sp³-hybridized carbons (Fsp3) is 0.847. The Bertz CT molecular complexity index is 1210. The van der Waals surface area contributed by atoms with E-state index in [0.29, 0.717) is 17.4 Å². The lowest BCUT2D eigenvalue weighted by Crippen LogP contribution is -2.44. The van der Waals surface area contributed by atoms with Gasteiger partial charge in [-0.05, 0) is 70.6 Å². The molecule has 0 aromatic rings. The summed E-state index contributed by atoms with van der Waals surface area (Å²) in [5.41, 5.74) is 0. The van der Waals surface area contributed by atoms with Gasteiger partial charge in [0.2, 0.25) is 0 Å². The maximum absolute atomic E-state index is 12.8. The van der Waals surface area contributed by atoms with E-state index < -0.39 is 24.3 Å². The molecule has 0 aromatic carbocycles. The Morgan fingerprint density at radius 2 is 0.794 bits per heavy atom. The molecule has 398 valence electrons. The highest BCUT2D eigenvalue weighted by atomic mass is 16.7. The monoisotopic (exact) mass is 960 g/mol. The maximum Gasteiger partial charge on any atom is 0.306 e. The number of carbonyl (C=O) groups is 3. The van der Waals surface area contributed by atoms with Gasteiger partial charge >= 0.3 is 11.9 Å². The third-order valence-electron chi connectivity index (χ3n) is 12.6. The summed E-state index contributed by atoms with van der Waals surface area (Å²) in [6.45, 7) is 4.74. The summed E-state index contributed by atoms with van der Waals surface area (Å²) in [6, 6.07) is 0. The number of carbonyl (C=O) groups excluding carboxylic acids is 3. The Balaban J connectivity index is 4.15. The first-order valence-electron chi connectivity index (χ1n) is 28.6. The second kappa shape index (κ2) is 50.9. The van der Waals surface area contributed by atoms with E-state index in [1.165, 1.54) is 173 Å². The predicted molar refractivity (Wildman–Crippen MR) is 283 cm³/mol. The van der Waals surface area contributed by atoms with Gasteiger partial charge in [0.1, 0.15) is 13.2 Å². The second-order valence-electron chi connectivity index (χ2n) is 20.6. The molecule has 0 aromatic heterocycles. The van der Waals surface area contributed by atoms with Crippen LogP contribution >= 0.6 is 0 Å². The quantitative estimate of drug-likeness (QED) is 0.0195. The van der Waals surface area contributed by atoms with Crippen LogP contribution in [-0.2, 0) is 33.3 Å². The summed E-state index contributed by atoms with van der Waals surface area (Å²) in [4.78, 5) is 37.2. The number of likely N-dealkylation sites (N-methyl/N-ethyl adjacent to an activating group) is 1. The Morgan fingerprint density at radius 1 is 0.441 bits per heavy atom. The van der Waals surface area contributed by atoms with E-state index in [1.807, 2.05) is 21.1 Å². The highest BCUT2D eigenvalue weighted by molar-refractivity contribution is 5.70. The molecule has 0 N–H and O–H groups in total. The molecular formula is C59H109NO8. The molecule has 0 bridgehead atoms. The summed E-state index contributed by atoms with van der Waals surface area (Å²) in [7, 11) is 5.92. The minimum atomic E-state index is -1.62. The van der Waals surface area contributed by atoms with Crippen molar-refractivity contribution in [2.75, 3.05) is 47.5 Å².